The third-order valence-electron chi connectivity index (χ3n) is 3.27. The molecule has 0 saturated heterocycles. The van der Waals surface area contributed by atoms with Gasteiger partial charge in [0, 0.05) is 15.7 Å². The Labute approximate surface area is 159 Å². The van der Waals surface area contributed by atoms with E-state index in [0.717, 1.165) is 0 Å². The predicted molar refractivity (Wildman–Crippen MR) is 97.2 cm³/mol. The number of carbonyl (C=O) groups is 2. The molecular weight excluding hydrogens is 384 g/mol. The summed E-state index contributed by atoms with van der Waals surface area (Å²) in [5, 5.41) is 12.2. The van der Waals surface area contributed by atoms with Crippen LogP contribution in [0.1, 0.15) is 5.56 Å². The Hall–Kier alpha value is -2.57. The smallest absolute Gasteiger partial charge is 0.412 e. The number of halogens is 3. The van der Waals surface area contributed by atoms with Crippen molar-refractivity contribution in [3.63, 3.8) is 0 Å². The van der Waals surface area contributed by atoms with Crippen LogP contribution < -0.4 is 5.32 Å². The van der Waals surface area contributed by atoms with Gasteiger partial charge in [-0.3, -0.25) is 5.32 Å². The van der Waals surface area contributed by atoms with Gasteiger partial charge in [-0.05, 0) is 47.9 Å². The van der Waals surface area contributed by atoms with Gasteiger partial charge in [-0.15, -0.1) is 0 Å². The molecule has 0 aliphatic heterocycles. The maximum absolute atomic E-state index is 12.9. The molecule has 1 unspecified atom stereocenters. The van der Waals surface area contributed by atoms with Crippen molar-refractivity contribution >= 4 is 41.0 Å². The molecule has 2 N–H and O–H groups in total. The Balaban J connectivity index is 2.04. The van der Waals surface area contributed by atoms with E-state index < -0.39 is 24.0 Å². The molecule has 2 aromatic carbocycles. The maximum atomic E-state index is 12.9. The maximum Gasteiger partial charge on any atom is 0.412 e. The molecule has 1 amide bonds. The molecule has 0 bridgehead atoms. The van der Waals surface area contributed by atoms with Gasteiger partial charge < -0.3 is 9.84 Å². The molecule has 0 radical (unpaired) electrons. The lowest BCUT2D eigenvalue weighted by Crippen LogP contribution is -2.31. The van der Waals surface area contributed by atoms with Crippen molar-refractivity contribution in [2.24, 2.45) is 0 Å². The number of nitrogens with one attached hydrogen (secondary N) is 1. The molecule has 0 fully saturated rings. The molecule has 26 heavy (non-hydrogen) atoms. The van der Waals surface area contributed by atoms with Gasteiger partial charge in [-0.1, -0.05) is 41.9 Å². The van der Waals surface area contributed by atoms with E-state index in [4.69, 9.17) is 27.9 Å². The largest absolute Gasteiger partial charge is 0.478 e. The monoisotopic (exact) mass is 397 g/mol. The van der Waals surface area contributed by atoms with Crippen LogP contribution in [0.4, 0.5) is 14.9 Å². The van der Waals surface area contributed by atoms with E-state index >= 15 is 0 Å². The minimum atomic E-state index is -1.57. The number of rotatable bonds is 6. The van der Waals surface area contributed by atoms with Crippen LogP contribution in [0.25, 0.3) is 0 Å². The first-order chi connectivity index (χ1) is 12.2. The zero-order valence-electron chi connectivity index (χ0n) is 13.3. The predicted octanol–water partition coefficient (Wildman–Crippen LogP) is 4.93. The molecule has 0 heterocycles. The van der Waals surface area contributed by atoms with Gasteiger partial charge in [0.2, 0.25) is 6.10 Å². The highest BCUT2D eigenvalue weighted by molar-refractivity contribution is 6.35. The van der Waals surface area contributed by atoms with Crippen LogP contribution in [-0.2, 0) is 16.0 Å². The Bertz CT molecular complexity index is 819. The van der Waals surface area contributed by atoms with Crippen LogP contribution in [0.15, 0.2) is 54.6 Å². The number of carboxylic acids is 1. The standard InChI is InChI=1S/C18H14Cl2FNO4/c1-10(6-11-2-4-14(21)5-3-11)16(17(23)24)26-18(25)22-15-8-12(19)7-13(20)9-15/h2-5,7-9,16H,1,6H2,(H,22,25)(H,23,24). The van der Waals surface area contributed by atoms with Gasteiger partial charge in [0.25, 0.3) is 0 Å². The van der Waals surface area contributed by atoms with Crippen molar-refractivity contribution in [3.05, 3.63) is 76.0 Å². The van der Waals surface area contributed by atoms with Gasteiger partial charge in [0.15, 0.2) is 0 Å². The second-order valence-corrected chi connectivity index (χ2v) is 6.24. The lowest BCUT2D eigenvalue weighted by molar-refractivity contribution is -0.144. The fourth-order valence-corrected chi connectivity index (χ4v) is 2.67. The third kappa shape index (κ3) is 5.75. The van der Waals surface area contributed by atoms with E-state index in [0.29, 0.717) is 15.6 Å². The summed E-state index contributed by atoms with van der Waals surface area (Å²) in [5.41, 5.74) is 1.01. The van der Waals surface area contributed by atoms with Gasteiger partial charge in [0.05, 0.1) is 0 Å². The molecule has 136 valence electrons. The number of hydrogen-bond acceptors (Lipinski definition) is 3. The molecule has 0 spiro atoms. The van der Waals surface area contributed by atoms with E-state index in [1.54, 1.807) is 0 Å². The SMILES string of the molecule is C=C(Cc1ccc(F)cc1)C(OC(=O)Nc1cc(Cl)cc(Cl)c1)C(=O)O. The zero-order valence-corrected chi connectivity index (χ0v) is 14.9. The molecule has 2 aromatic rings. The van der Waals surface area contributed by atoms with Crippen LogP contribution in [0.5, 0.6) is 0 Å². The average Bonchev–Trinajstić information content (AvgIpc) is 2.53. The number of benzene rings is 2. The topological polar surface area (TPSA) is 75.6 Å². The summed E-state index contributed by atoms with van der Waals surface area (Å²) in [5.74, 6) is -1.79. The number of carbonyl (C=O) groups excluding carboxylic acids is 1. The average molecular weight is 398 g/mol. The van der Waals surface area contributed by atoms with E-state index in [2.05, 4.69) is 11.9 Å². The Morgan fingerprint density at radius 1 is 1.15 bits per heavy atom. The Morgan fingerprint density at radius 3 is 2.27 bits per heavy atom. The molecule has 8 heteroatoms. The summed E-state index contributed by atoms with van der Waals surface area (Å²) in [6, 6.07) is 9.81. The Kier molecular flexibility index (Phi) is 6.60. The van der Waals surface area contributed by atoms with Gasteiger partial charge in [0.1, 0.15) is 5.82 Å². The Morgan fingerprint density at radius 2 is 1.73 bits per heavy atom. The molecule has 0 aliphatic carbocycles. The highest BCUT2D eigenvalue weighted by Crippen LogP contribution is 2.23. The molecule has 5 nitrogen and oxygen atoms in total. The summed E-state index contributed by atoms with van der Waals surface area (Å²) in [4.78, 5) is 23.4. The molecule has 0 aliphatic rings. The molecular formula is C18H14Cl2FNO4. The number of aliphatic carboxylic acids is 1. The van der Waals surface area contributed by atoms with E-state index in [-0.39, 0.29) is 17.7 Å². The fourth-order valence-electron chi connectivity index (χ4n) is 2.15. The summed E-state index contributed by atoms with van der Waals surface area (Å²) in [6.07, 6.45) is -2.47. The lowest BCUT2D eigenvalue weighted by atomic mass is 10.0. The lowest BCUT2D eigenvalue weighted by Gasteiger charge is -2.17. The number of amides is 1. The van der Waals surface area contributed by atoms with Crippen molar-refractivity contribution in [1.82, 2.24) is 0 Å². The van der Waals surface area contributed by atoms with Crippen LogP contribution in [0, 0.1) is 5.82 Å². The van der Waals surface area contributed by atoms with Crippen LogP contribution in [0.2, 0.25) is 10.0 Å². The van der Waals surface area contributed by atoms with E-state index in [1.165, 1.54) is 42.5 Å². The number of ether oxygens (including phenoxy) is 1. The van der Waals surface area contributed by atoms with Crippen molar-refractivity contribution < 1.29 is 23.8 Å². The van der Waals surface area contributed by atoms with Crippen LogP contribution >= 0.6 is 23.2 Å². The summed E-state index contributed by atoms with van der Waals surface area (Å²) in [6.45, 7) is 3.66. The summed E-state index contributed by atoms with van der Waals surface area (Å²) >= 11 is 11.7. The van der Waals surface area contributed by atoms with Gasteiger partial charge in [-0.25, -0.2) is 14.0 Å². The minimum absolute atomic E-state index is 0.105. The highest BCUT2D eigenvalue weighted by Gasteiger charge is 2.25. The third-order valence-corrected chi connectivity index (χ3v) is 3.71. The van der Waals surface area contributed by atoms with Crippen LogP contribution in [0.3, 0.4) is 0 Å². The highest BCUT2D eigenvalue weighted by atomic mass is 35.5. The first kappa shape index (κ1) is 19.8. The molecule has 2 rings (SSSR count). The first-order valence-corrected chi connectivity index (χ1v) is 8.09. The molecule has 0 saturated carbocycles. The molecule has 0 aromatic heterocycles. The van der Waals surface area contributed by atoms with Gasteiger partial charge in [-0.2, -0.15) is 0 Å². The normalized spacial score (nSPS) is 11.5. The zero-order chi connectivity index (χ0) is 19.3. The van der Waals surface area contributed by atoms with Gasteiger partial charge >= 0.3 is 12.1 Å². The summed E-state index contributed by atoms with van der Waals surface area (Å²) < 4.78 is 17.9. The summed E-state index contributed by atoms with van der Waals surface area (Å²) in [7, 11) is 0. The second-order valence-electron chi connectivity index (χ2n) is 5.37. The van der Waals surface area contributed by atoms with Crippen molar-refractivity contribution in [1.29, 1.82) is 0 Å². The van der Waals surface area contributed by atoms with Crippen molar-refractivity contribution in [2.75, 3.05) is 5.32 Å². The minimum Gasteiger partial charge on any atom is -0.478 e. The quantitative estimate of drug-likeness (QED) is 0.677. The van der Waals surface area contributed by atoms with E-state index in [9.17, 15) is 19.1 Å². The number of anilines is 1. The van der Waals surface area contributed by atoms with Crippen LogP contribution in [-0.4, -0.2) is 23.3 Å². The van der Waals surface area contributed by atoms with Crippen molar-refractivity contribution in [2.45, 2.75) is 12.5 Å². The molecule has 1 atom stereocenters. The second kappa shape index (κ2) is 8.69. The van der Waals surface area contributed by atoms with E-state index in [1.807, 2.05) is 0 Å². The number of carboxylic acid groups (broad SMARTS) is 1. The first-order valence-electron chi connectivity index (χ1n) is 7.33. The fraction of sp³-hybridized carbons (Fsp3) is 0.111. The van der Waals surface area contributed by atoms with Crippen molar-refractivity contribution in [3.8, 4) is 0 Å². The number of hydrogen-bond donors (Lipinski definition) is 2.